The zero-order valence-electron chi connectivity index (χ0n) is 13.2. The van der Waals surface area contributed by atoms with Crippen LogP contribution in [0.5, 0.6) is 0 Å². The van der Waals surface area contributed by atoms with E-state index in [1.54, 1.807) is 0 Å². The number of pyridine rings is 1. The Labute approximate surface area is 146 Å². The molecule has 120 valence electrons. The van der Waals surface area contributed by atoms with Crippen molar-refractivity contribution in [2.75, 3.05) is 6.54 Å². The van der Waals surface area contributed by atoms with Crippen LogP contribution in [-0.2, 0) is 19.5 Å². The number of hydrogen-bond acceptors (Lipinski definition) is 4. The van der Waals surface area contributed by atoms with E-state index in [-0.39, 0.29) is 0 Å². The molecule has 0 unspecified atom stereocenters. The van der Waals surface area contributed by atoms with Crippen molar-refractivity contribution in [3.63, 3.8) is 0 Å². The highest BCUT2D eigenvalue weighted by atomic mass is 35.5. The van der Waals surface area contributed by atoms with E-state index in [2.05, 4.69) is 27.0 Å². The molecule has 0 N–H and O–H groups in total. The molecule has 24 heavy (non-hydrogen) atoms. The van der Waals surface area contributed by atoms with Gasteiger partial charge >= 0.3 is 0 Å². The van der Waals surface area contributed by atoms with Crippen LogP contribution in [0.3, 0.4) is 0 Å². The Kier molecular flexibility index (Phi) is 4.24. The number of nitrogens with zero attached hydrogens (tertiary/aromatic N) is 4. The van der Waals surface area contributed by atoms with Crippen molar-refractivity contribution in [2.45, 2.75) is 19.5 Å². The Morgan fingerprint density at radius 2 is 1.83 bits per heavy atom. The third-order valence-corrected chi connectivity index (χ3v) is 4.53. The van der Waals surface area contributed by atoms with Crippen LogP contribution in [0.25, 0.3) is 11.4 Å². The normalized spacial score (nSPS) is 14.4. The molecule has 0 fully saturated rings. The highest BCUT2D eigenvalue weighted by Gasteiger charge is 2.19. The second kappa shape index (κ2) is 6.67. The molecule has 0 bridgehead atoms. The predicted molar refractivity (Wildman–Crippen MR) is 94.5 cm³/mol. The number of hydrogen-bond donors (Lipinski definition) is 0. The third kappa shape index (κ3) is 3.30. The second-order valence-corrected chi connectivity index (χ2v) is 6.42. The van der Waals surface area contributed by atoms with Crippen molar-refractivity contribution >= 4 is 11.6 Å². The van der Waals surface area contributed by atoms with Crippen molar-refractivity contribution < 1.29 is 0 Å². The molecule has 2 aromatic heterocycles. The lowest BCUT2D eigenvalue weighted by Gasteiger charge is -2.28. The summed E-state index contributed by atoms with van der Waals surface area (Å²) in [5, 5.41) is 0.722. The molecule has 0 aliphatic carbocycles. The van der Waals surface area contributed by atoms with E-state index in [0.29, 0.717) is 0 Å². The summed E-state index contributed by atoms with van der Waals surface area (Å²) in [6.45, 7) is 2.79. The number of benzene rings is 1. The molecule has 4 rings (SSSR count). The number of aromatic nitrogens is 3. The van der Waals surface area contributed by atoms with Crippen LogP contribution in [0, 0.1) is 0 Å². The fraction of sp³-hybridized carbons (Fsp3) is 0.211. The number of rotatable bonds is 3. The molecule has 3 heterocycles. The van der Waals surface area contributed by atoms with Gasteiger partial charge in [0.05, 0.1) is 5.69 Å². The summed E-state index contributed by atoms with van der Waals surface area (Å²) in [5.74, 6) is 0.760. The molecular weight excluding hydrogens is 320 g/mol. The maximum Gasteiger partial charge on any atom is 0.159 e. The van der Waals surface area contributed by atoms with E-state index in [9.17, 15) is 0 Å². The molecule has 0 spiro atoms. The van der Waals surface area contributed by atoms with E-state index in [4.69, 9.17) is 16.6 Å². The maximum atomic E-state index is 5.96. The van der Waals surface area contributed by atoms with Crippen LogP contribution < -0.4 is 0 Å². The SMILES string of the molecule is Clc1ccc(-c2ncc3c(n2)CN(Cc2ccncc2)CC3)cc1. The minimum atomic E-state index is 0.722. The lowest BCUT2D eigenvalue weighted by Crippen LogP contribution is -2.31. The first-order chi connectivity index (χ1) is 11.8. The van der Waals surface area contributed by atoms with Crippen LogP contribution in [-0.4, -0.2) is 26.4 Å². The number of fused-ring (bicyclic) bond motifs is 1. The largest absolute Gasteiger partial charge is 0.293 e. The van der Waals surface area contributed by atoms with Gasteiger partial charge in [-0.3, -0.25) is 9.88 Å². The molecule has 0 saturated heterocycles. The Morgan fingerprint density at radius 1 is 1.04 bits per heavy atom. The molecule has 0 amide bonds. The molecule has 3 aromatic rings. The van der Waals surface area contributed by atoms with E-state index in [1.807, 2.05) is 42.9 Å². The molecule has 0 saturated carbocycles. The summed E-state index contributed by atoms with van der Waals surface area (Å²) in [5.41, 5.74) is 4.64. The molecule has 4 nitrogen and oxygen atoms in total. The summed E-state index contributed by atoms with van der Waals surface area (Å²) in [7, 11) is 0. The molecule has 1 aliphatic rings. The summed E-state index contributed by atoms with van der Waals surface area (Å²) in [6.07, 6.45) is 6.64. The molecule has 0 radical (unpaired) electrons. The standard InChI is InChI=1S/C19H17ClN4/c20-17-3-1-15(2-4-17)19-22-11-16-7-10-24(13-18(16)23-19)12-14-5-8-21-9-6-14/h1-6,8-9,11H,7,10,12-13H2. The van der Waals surface area contributed by atoms with Crippen LogP contribution >= 0.6 is 11.6 Å². The number of halogens is 1. The van der Waals surface area contributed by atoms with Gasteiger partial charge in [0.15, 0.2) is 5.82 Å². The third-order valence-electron chi connectivity index (χ3n) is 4.28. The smallest absolute Gasteiger partial charge is 0.159 e. The summed E-state index contributed by atoms with van der Waals surface area (Å²) >= 11 is 5.96. The zero-order valence-corrected chi connectivity index (χ0v) is 13.9. The Bertz CT molecular complexity index is 834. The van der Waals surface area contributed by atoms with Crippen LogP contribution in [0.1, 0.15) is 16.8 Å². The molecule has 0 atom stereocenters. The van der Waals surface area contributed by atoms with E-state index >= 15 is 0 Å². The van der Waals surface area contributed by atoms with Crippen molar-refractivity contribution in [1.82, 2.24) is 19.9 Å². The fourth-order valence-electron chi connectivity index (χ4n) is 2.98. The molecule has 5 heteroatoms. The highest BCUT2D eigenvalue weighted by molar-refractivity contribution is 6.30. The van der Waals surface area contributed by atoms with Gasteiger partial charge in [0.2, 0.25) is 0 Å². The maximum absolute atomic E-state index is 5.96. The van der Waals surface area contributed by atoms with Crippen LogP contribution in [0.2, 0.25) is 5.02 Å². The molecular formula is C19H17ClN4. The van der Waals surface area contributed by atoms with Crippen molar-refractivity contribution in [3.05, 3.63) is 76.8 Å². The molecule has 1 aromatic carbocycles. The van der Waals surface area contributed by atoms with E-state index in [1.165, 1.54) is 11.1 Å². The highest BCUT2D eigenvalue weighted by Crippen LogP contribution is 2.23. The lowest BCUT2D eigenvalue weighted by molar-refractivity contribution is 0.241. The van der Waals surface area contributed by atoms with Gasteiger partial charge in [-0.1, -0.05) is 11.6 Å². The summed E-state index contributed by atoms with van der Waals surface area (Å²) < 4.78 is 0. The van der Waals surface area contributed by atoms with E-state index < -0.39 is 0 Å². The minimum Gasteiger partial charge on any atom is -0.293 e. The van der Waals surface area contributed by atoms with Crippen LogP contribution in [0.4, 0.5) is 0 Å². The first-order valence-corrected chi connectivity index (χ1v) is 8.38. The summed E-state index contributed by atoms with van der Waals surface area (Å²) in [6, 6.07) is 11.8. The average Bonchev–Trinajstić information content (AvgIpc) is 2.63. The Hall–Kier alpha value is -2.30. The quantitative estimate of drug-likeness (QED) is 0.730. The van der Waals surface area contributed by atoms with Gasteiger partial charge < -0.3 is 0 Å². The van der Waals surface area contributed by atoms with Gasteiger partial charge in [-0.2, -0.15) is 0 Å². The lowest BCUT2D eigenvalue weighted by atomic mass is 10.1. The minimum absolute atomic E-state index is 0.722. The van der Waals surface area contributed by atoms with Crippen molar-refractivity contribution in [2.24, 2.45) is 0 Å². The Morgan fingerprint density at radius 3 is 2.62 bits per heavy atom. The van der Waals surface area contributed by atoms with Gasteiger partial charge in [-0.15, -0.1) is 0 Å². The first kappa shape index (κ1) is 15.2. The van der Waals surface area contributed by atoms with Gasteiger partial charge in [0.25, 0.3) is 0 Å². The first-order valence-electron chi connectivity index (χ1n) is 8.00. The van der Waals surface area contributed by atoms with Gasteiger partial charge in [0, 0.05) is 48.8 Å². The second-order valence-electron chi connectivity index (χ2n) is 5.99. The van der Waals surface area contributed by atoms with Gasteiger partial charge in [0.1, 0.15) is 0 Å². The zero-order chi connectivity index (χ0) is 16.4. The monoisotopic (exact) mass is 336 g/mol. The fourth-order valence-corrected chi connectivity index (χ4v) is 3.10. The predicted octanol–water partition coefficient (Wildman–Crippen LogP) is 3.75. The average molecular weight is 337 g/mol. The molecule has 1 aliphatic heterocycles. The van der Waals surface area contributed by atoms with Crippen molar-refractivity contribution in [3.8, 4) is 11.4 Å². The topological polar surface area (TPSA) is 41.9 Å². The summed E-state index contributed by atoms with van der Waals surface area (Å²) in [4.78, 5) is 15.8. The van der Waals surface area contributed by atoms with Crippen LogP contribution in [0.15, 0.2) is 55.0 Å². The van der Waals surface area contributed by atoms with Gasteiger partial charge in [-0.05, 0) is 53.9 Å². The Balaban J connectivity index is 1.56. The van der Waals surface area contributed by atoms with Crippen molar-refractivity contribution in [1.29, 1.82) is 0 Å². The van der Waals surface area contributed by atoms with Gasteiger partial charge in [-0.25, -0.2) is 9.97 Å². The van der Waals surface area contributed by atoms with E-state index in [0.717, 1.165) is 48.2 Å².